The van der Waals surface area contributed by atoms with Gasteiger partial charge < -0.3 is 14.6 Å². The Kier molecular flexibility index (Phi) is 7.03. The normalized spacial score (nSPS) is 32.0. The third kappa shape index (κ3) is 5.33. The summed E-state index contributed by atoms with van der Waals surface area (Å²) in [4.78, 5) is 13.2. The highest BCUT2D eigenvalue weighted by Gasteiger charge is 2.51. The smallest absolute Gasteiger partial charge is 0.403 e. The topological polar surface area (TPSA) is 47.6 Å². The average Bonchev–Trinajstić information content (AvgIpc) is 2.92. The first-order valence-electron chi connectivity index (χ1n) is 11.4. The van der Waals surface area contributed by atoms with Crippen LogP contribution in [0, 0.1) is 17.3 Å². The molecule has 0 radical (unpaired) electrons. The minimum absolute atomic E-state index is 0.132. The number of hydrogen-bond donors (Lipinski definition) is 1. The molecule has 0 spiro atoms. The summed E-state index contributed by atoms with van der Waals surface area (Å²) in [5.74, 6) is 1.34. The molecule has 1 unspecified atom stereocenters. The fraction of sp³-hybridized carbons (Fsp3) is 0.957. The van der Waals surface area contributed by atoms with Crippen molar-refractivity contribution in [1.82, 2.24) is 5.32 Å². The molecule has 1 heterocycles. The van der Waals surface area contributed by atoms with E-state index in [1.54, 1.807) is 0 Å². The maximum Gasteiger partial charge on any atom is 0.457 e. The summed E-state index contributed by atoms with van der Waals surface area (Å²) in [6.07, 6.45) is 7.62. The highest BCUT2D eigenvalue weighted by atomic mass is 16.7. The van der Waals surface area contributed by atoms with Gasteiger partial charge in [-0.15, -0.1) is 0 Å². The molecule has 1 aliphatic heterocycles. The van der Waals surface area contributed by atoms with Gasteiger partial charge in [-0.3, -0.25) is 4.79 Å². The predicted octanol–water partition coefficient (Wildman–Crippen LogP) is 5.61. The molecule has 2 fully saturated rings. The number of carbonyl (C=O) groups excluding carboxylic acids is 1. The Bertz CT molecular complexity index is 539. The molecule has 0 aromatic heterocycles. The Labute approximate surface area is 174 Å². The van der Waals surface area contributed by atoms with Crippen molar-refractivity contribution in [2.24, 2.45) is 17.3 Å². The Balaban J connectivity index is 1.98. The summed E-state index contributed by atoms with van der Waals surface area (Å²) in [7, 11) is -0.132. The van der Waals surface area contributed by atoms with Gasteiger partial charge in [-0.05, 0) is 85.9 Å². The molecule has 0 bridgehead atoms. The lowest BCUT2D eigenvalue weighted by molar-refractivity contribution is -0.133. The zero-order valence-corrected chi connectivity index (χ0v) is 19.9. The average molecular weight is 393 g/mol. The van der Waals surface area contributed by atoms with E-state index in [9.17, 15) is 4.79 Å². The molecule has 1 aliphatic carbocycles. The van der Waals surface area contributed by atoms with Gasteiger partial charge in [0, 0.05) is 11.0 Å². The number of amides is 1. The van der Waals surface area contributed by atoms with E-state index < -0.39 is 0 Å². The van der Waals surface area contributed by atoms with E-state index in [-0.39, 0.29) is 35.2 Å². The monoisotopic (exact) mass is 393 g/mol. The Morgan fingerprint density at radius 1 is 1.07 bits per heavy atom. The maximum absolute atomic E-state index is 13.2. The minimum atomic E-state index is -0.266. The molecular formula is C23H44BNO3. The predicted molar refractivity (Wildman–Crippen MR) is 117 cm³/mol. The Hall–Kier alpha value is -0.545. The molecule has 2 rings (SSSR count). The van der Waals surface area contributed by atoms with Crippen LogP contribution in [0.1, 0.15) is 101 Å². The van der Waals surface area contributed by atoms with Gasteiger partial charge in [0.2, 0.25) is 5.91 Å². The van der Waals surface area contributed by atoms with E-state index in [0.717, 1.165) is 25.6 Å². The second-order valence-corrected chi connectivity index (χ2v) is 11.5. The molecule has 1 saturated carbocycles. The lowest BCUT2D eigenvalue weighted by Crippen LogP contribution is -2.49. The van der Waals surface area contributed by atoms with Crippen LogP contribution in [-0.2, 0) is 14.1 Å². The molecule has 0 aromatic carbocycles. The summed E-state index contributed by atoms with van der Waals surface area (Å²) in [6.45, 7) is 19.1. The molecule has 4 nitrogen and oxygen atoms in total. The summed E-state index contributed by atoms with van der Waals surface area (Å²) in [5, 5.41) is 3.26. The van der Waals surface area contributed by atoms with Gasteiger partial charge in [0.15, 0.2) is 0 Å². The van der Waals surface area contributed by atoms with Crippen LogP contribution in [-0.4, -0.2) is 29.8 Å². The first-order chi connectivity index (χ1) is 12.7. The van der Waals surface area contributed by atoms with Gasteiger partial charge in [0.1, 0.15) is 0 Å². The van der Waals surface area contributed by atoms with Crippen LogP contribution in [0.4, 0.5) is 0 Å². The lowest BCUT2D eigenvalue weighted by Gasteiger charge is -2.34. The molecule has 3 atom stereocenters. The zero-order chi connectivity index (χ0) is 21.4. The Morgan fingerprint density at radius 3 is 2.14 bits per heavy atom. The number of rotatable bonds is 7. The Morgan fingerprint density at radius 2 is 1.64 bits per heavy atom. The molecular weight excluding hydrogens is 349 g/mol. The second kappa shape index (κ2) is 8.30. The second-order valence-electron chi connectivity index (χ2n) is 11.5. The molecule has 162 valence electrons. The van der Waals surface area contributed by atoms with Crippen LogP contribution in [0.15, 0.2) is 0 Å². The van der Waals surface area contributed by atoms with Crippen LogP contribution < -0.4 is 5.32 Å². The van der Waals surface area contributed by atoms with Gasteiger partial charge >= 0.3 is 7.12 Å². The van der Waals surface area contributed by atoms with E-state index in [2.05, 4.69) is 67.6 Å². The molecule has 1 saturated heterocycles. The van der Waals surface area contributed by atoms with Gasteiger partial charge in [-0.25, -0.2) is 0 Å². The quantitative estimate of drug-likeness (QED) is 0.572. The minimum Gasteiger partial charge on any atom is -0.403 e. The molecule has 1 N–H and O–H groups in total. The molecule has 28 heavy (non-hydrogen) atoms. The fourth-order valence-electron chi connectivity index (χ4n) is 4.95. The van der Waals surface area contributed by atoms with Crippen LogP contribution >= 0.6 is 0 Å². The summed E-state index contributed by atoms with van der Waals surface area (Å²) < 4.78 is 12.3. The molecule has 0 aromatic rings. The van der Waals surface area contributed by atoms with Crippen LogP contribution in [0.5, 0.6) is 0 Å². The number of carbonyl (C=O) groups is 1. The van der Waals surface area contributed by atoms with Crippen LogP contribution in [0.3, 0.4) is 0 Å². The summed E-state index contributed by atoms with van der Waals surface area (Å²) >= 11 is 0. The first-order valence-corrected chi connectivity index (χ1v) is 11.4. The van der Waals surface area contributed by atoms with Gasteiger partial charge in [-0.2, -0.15) is 0 Å². The van der Waals surface area contributed by atoms with Crippen molar-refractivity contribution < 1.29 is 14.1 Å². The highest BCUT2D eigenvalue weighted by Crippen LogP contribution is 2.50. The van der Waals surface area contributed by atoms with E-state index in [1.165, 1.54) is 19.3 Å². The molecule has 2 aliphatic rings. The fourth-order valence-corrected chi connectivity index (χ4v) is 4.95. The van der Waals surface area contributed by atoms with Crippen molar-refractivity contribution in [2.75, 3.05) is 0 Å². The zero-order valence-electron chi connectivity index (χ0n) is 19.9. The van der Waals surface area contributed by atoms with E-state index in [0.29, 0.717) is 11.8 Å². The molecule has 1 amide bonds. The van der Waals surface area contributed by atoms with Gasteiger partial charge in [0.25, 0.3) is 0 Å². The maximum atomic E-state index is 13.2. The SMILES string of the molecule is CCC[C@H]1CC(CCCB2OC(C)(C)C(C)(C)O2)[C@](C)(C(=O)NC(C)(C)C)C1. The van der Waals surface area contributed by atoms with Crippen molar-refractivity contribution in [3.8, 4) is 0 Å². The standard InChI is InChI=1S/C23H44BNO3/c1-10-12-17-15-18(23(9,16-17)19(26)25-20(2,3)4)13-11-14-24-27-21(5,6)22(7,8)28-24/h17-18H,10-16H2,1-9H3,(H,25,26)/t17-,18?,23+/m0/s1. The third-order valence-electron chi connectivity index (χ3n) is 7.23. The number of nitrogens with one attached hydrogen (secondary N) is 1. The summed E-state index contributed by atoms with van der Waals surface area (Å²) in [5.41, 5.74) is -0.976. The third-order valence-corrected chi connectivity index (χ3v) is 7.23. The van der Waals surface area contributed by atoms with Crippen molar-refractivity contribution >= 4 is 13.0 Å². The molecule has 5 heteroatoms. The summed E-state index contributed by atoms with van der Waals surface area (Å²) in [6, 6.07) is 0. The number of hydrogen-bond acceptors (Lipinski definition) is 3. The van der Waals surface area contributed by atoms with E-state index in [1.807, 2.05) is 0 Å². The van der Waals surface area contributed by atoms with Crippen molar-refractivity contribution in [3.63, 3.8) is 0 Å². The van der Waals surface area contributed by atoms with E-state index in [4.69, 9.17) is 9.31 Å². The van der Waals surface area contributed by atoms with Crippen LogP contribution in [0.2, 0.25) is 6.32 Å². The van der Waals surface area contributed by atoms with Crippen molar-refractivity contribution in [1.29, 1.82) is 0 Å². The van der Waals surface area contributed by atoms with Crippen molar-refractivity contribution in [3.05, 3.63) is 0 Å². The largest absolute Gasteiger partial charge is 0.457 e. The van der Waals surface area contributed by atoms with Gasteiger partial charge in [0.05, 0.1) is 11.2 Å². The van der Waals surface area contributed by atoms with Gasteiger partial charge in [-0.1, -0.05) is 33.1 Å². The van der Waals surface area contributed by atoms with E-state index >= 15 is 0 Å². The van der Waals surface area contributed by atoms with Crippen LogP contribution in [0.25, 0.3) is 0 Å². The lowest BCUT2D eigenvalue weighted by atomic mass is 9.73. The first kappa shape index (κ1) is 23.7. The van der Waals surface area contributed by atoms with Crippen molar-refractivity contribution in [2.45, 2.75) is 124 Å². The highest BCUT2D eigenvalue weighted by molar-refractivity contribution is 6.45.